The minimum absolute atomic E-state index is 0.421. The predicted octanol–water partition coefficient (Wildman–Crippen LogP) is 4.48. The predicted molar refractivity (Wildman–Crippen MR) is 64.3 cm³/mol. The van der Waals surface area contributed by atoms with E-state index in [0.29, 0.717) is 5.41 Å². The molecule has 78 valence electrons. The normalized spacial score (nSPS) is 20.9. The monoisotopic (exact) mass is 228 g/mol. The molecular formula is C12H17ClS. The van der Waals surface area contributed by atoms with Crippen LogP contribution in [0.1, 0.15) is 37.0 Å². The van der Waals surface area contributed by atoms with E-state index in [4.69, 9.17) is 11.6 Å². The van der Waals surface area contributed by atoms with Crippen molar-refractivity contribution < 1.29 is 0 Å². The Labute approximate surface area is 95.3 Å². The van der Waals surface area contributed by atoms with Crippen molar-refractivity contribution in [2.24, 2.45) is 5.41 Å². The smallest absolute Gasteiger partial charge is 0.0283 e. The van der Waals surface area contributed by atoms with Crippen LogP contribution in [0.4, 0.5) is 0 Å². The highest BCUT2D eigenvalue weighted by Gasteiger charge is 2.31. The van der Waals surface area contributed by atoms with Gasteiger partial charge in [0.15, 0.2) is 0 Å². The summed E-state index contributed by atoms with van der Waals surface area (Å²) in [5, 5.41) is 2.17. The summed E-state index contributed by atoms with van der Waals surface area (Å²) in [7, 11) is 0. The maximum absolute atomic E-state index is 6.16. The number of hydrogen-bond donors (Lipinski definition) is 0. The Morgan fingerprint density at radius 3 is 2.64 bits per heavy atom. The summed E-state index contributed by atoms with van der Waals surface area (Å²) in [6, 6.07) is 4.39. The average molecular weight is 229 g/mol. The molecule has 0 aliphatic heterocycles. The van der Waals surface area contributed by atoms with Gasteiger partial charge in [-0.3, -0.25) is 0 Å². The molecule has 1 saturated carbocycles. The van der Waals surface area contributed by atoms with E-state index in [-0.39, 0.29) is 0 Å². The van der Waals surface area contributed by atoms with Crippen LogP contribution in [0.15, 0.2) is 17.5 Å². The van der Waals surface area contributed by atoms with Crippen LogP contribution in [-0.2, 0) is 6.42 Å². The molecule has 0 saturated heterocycles. The maximum Gasteiger partial charge on any atom is 0.0283 e. The first kappa shape index (κ1) is 10.5. The molecule has 0 spiro atoms. The lowest BCUT2D eigenvalue weighted by Crippen LogP contribution is -2.28. The molecule has 0 unspecified atom stereocenters. The van der Waals surface area contributed by atoms with Gasteiger partial charge in [0.25, 0.3) is 0 Å². The number of thiophene rings is 1. The first-order valence-electron chi connectivity index (χ1n) is 5.43. The van der Waals surface area contributed by atoms with Gasteiger partial charge in [-0.25, -0.2) is 0 Å². The molecule has 1 fully saturated rings. The molecular weight excluding hydrogens is 212 g/mol. The minimum Gasteiger partial charge on any atom is -0.149 e. The molecule has 0 radical (unpaired) electrons. The molecule has 1 aromatic rings. The van der Waals surface area contributed by atoms with Gasteiger partial charge in [-0.15, -0.1) is 22.9 Å². The van der Waals surface area contributed by atoms with Crippen LogP contribution in [0, 0.1) is 5.41 Å². The van der Waals surface area contributed by atoms with E-state index in [1.165, 1.54) is 43.4 Å². The third-order valence-corrected chi connectivity index (χ3v) is 4.77. The zero-order valence-electron chi connectivity index (χ0n) is 8.47. The molecule has 1 aliphatic rings. The van der Waals surface area contributed by atoms with Crippen LogP contribution in [0.5, 0.6) is 0 Å². The van der Waals surface area contributed by atoms with Crippen LogP contribution >= 0.6 is 22.9 Å². The van der Waals surface area contributed by atoms with Crippen molar-refractivity contribution in [1.82, 2.24) is 0 Å². The first-order valence-corrected chi connectivity index (χ1v) is 6.84. The lowest BCUT2D eigenvalue weighted by atomic mass is 9.73. The Balaban J connectivity index is 2.04. The Morgan fingerprint density at radius 1 is 1.29 bits per heavy atom. The van der Waals surface area contributed by atoms with Gasteiger partial charge < -0.3 is 0 Å². The molecule has 0 N–H and O–H groups in total. The molecule has 0 bridgehead atoms. The van der Waals surface area contributed by atoms with Crippen LogP contribution in [0.25, 0.3) is 0 Å². The summed E-state index contributed by atoms with van der Waals surface area (Å²) in [5.41, 5.74) is 0.421. The summed E-state index contributed by atoms with van der Waals surface area (Å²) in [5.74, 6) is 0.838. The topological polar surface area (TPSA) is 0 Å². The summed E-state index contributed by atoms with van der Waals surface area (Å²) in [4.78, 5) is 1.51. The van der Waals surface area contributed by atoms with Gasteiger partial charge in [-0.1, -0.05) is 25.3 Å². The Bertz CT molecular complexity index is 260. The second-order valence-corrected chi connectivity index (χ2v) is 5.75. The highest BCUT2D eigenvalue weighted by atomic mass is 35.5. The van der Waals surface area contributed by atoms with Gasteiger partial charge in [0, 0.05) is 10.8 Å². The third-order valence-electron chi connectivity index (χ3n) is 3.33. The van der Waals surface area contributed by atoms with Crippen molar-refractivity contribution in [1.29, 1.82) is 0 Å². The van der Waals surface area contributed by atoms with Crippen LogP contribution in [0.3, 0.4) is 0 Å². The molecule has 2 rings (SSSR count). The van der Waals surface area contributed by atoms with E-state index in [2.05, 4.69) is 17.5 Å². The van der Waals surface area contributed by atoms with Gasteiger partial charge in [0.2, 0.25) is 0 Å². The number of alkyl halides is 1. The lowest BCUT2D eigenvalue weighted by molar-refractivity contribution is 0.221. The Kier molecular flexibility index (Phi) is 3.51. The highest BCUT2D eigenvalue weighted by molar-refractivity contribution is 7.09. The van der Waals surface area contributed by atoms with Gasteiger partial charge in [0.1, 0.15) is 0 Å². The van der Waals surface area contributed by atoms with E-state index >= 15 is 0 Å². The van der Waals surface area contributed by atoms with E-state index < -0.39 is 0 Å². The fourth-order valence-electron chi connectivity index (χ4n) is 2.44. The molecule has 0 nitrogen and oxygen atoms in total. The molecule has 1 aromatic heterocycles. The van der Waals surface area contributed by atoms with E-state index in [0.717, 1.165) is 5.88 Å². The quantitative estimate of drug-likeness (QED) is 0.670. The molecule has 0 atom stereocenters. The molecule has 2 heteroatoms. The van der Waals surface area contributed by atoms with E-state index in [1.54, 1.807) is 0 Å². The Hall–Kier alpha value is -0.0100. The van der Waals surface area contributed by atoms with Crippen molar-refractivity contribution in [3.8, 4) is 0 Å². The second-order valence-electron chi connectivity index (χ2n) is 4.45. The molecule has 0 aromatic carbocycles. The lowest BCUT2D eigenvalue weighted by Gasteiger charge is -2.35. The van der Waals surface area contributed by atoms with Gasteiger partial charge >= 0.3 is 0 Å². The molecule has 1 aliphatic carbocycles. The summed E-state index contributed by atoms with van der Waals surface area (Å²) in [6.07, 6.45) is 8.01. The van der Waals surface area contributed by atoms with Crippen LogP contribution in [-0.4, -0.2) is 5.88 Å². The zero-order chi connectivity index (χ0) is 9.86. The summed E-state index contributed by atoms with van der Waals surface area (Å²) < 4.78 is 0. The van der Waals surface area contributed by atoms with Gasteiger partial charge in [-0.05, 0) is 36.1 Å². The summed E-state index contributed by atoms with van der Waals surface area (Å²) in [6.45, 7) is 0. The number of rotatable bonds is 3. The van der Waals surface area contributed by atoms with Crippen LogP contribution < -0.4 is 0 Å². The van der Waals surface area contributed by atoms with Gasteiger partial charge in [-0.2, -0.15) is 0 Å². The minimum atomic E-state index is 0.421. The highest BCUT2D eigenvalue weighted by Crippen LogP contribution is 2.40. The van der Waals surface area contributed by atoms with Crippen molar-refractivity contribution in [3.63, 3.8) is 0 Å². The van der Waals surface area contributed by atoms with Crippen molar-refractivity contribution in [3.05, 3.63) is 22.4 Å². The molecule has 0 amide bonds. The third kappa shape index (κ3) is 2.32. The molecule has 14 heavy (non-hydrogen) atoms. The fourth-order valence-corrected chi connectivity index (χ4v) is 3.68. The van der Waals surface area contributed by atoms with Crippen molar-refractivity contribution in [2.45, 2.75) is 38.5 Å². The fraction of sp³-hybridized carbons (Fsp3) is 0.667. The largest absolute Gasteiger partial charge is 0.149 e. The second kappa shape index (κ2) is 4.67. The first-order chi connectivity index (χ1) is 6.85. The van der Waals surface area contributed by atoms with Crippen molar-refractivity contribution in [2.75, 3.05) is 5.88 Å². The van der Waals surface area contributed by atoms with Crippen molar-refractivity contribution >= 4 is 22.9 Å². The van der Waals surface area contributed by atoms with E-state index in [9.17, 15) is 0 Å². The maximum atomic E-state index is 6.16. The van der Waals surface area contributed by atoms with E-state index in [1.807, 2.05) is 11.3 Å². The SMILES string of the molecule is ClCC1(Cc2cccs2)CCCCC1. The molecule has 1 heterocycles. The Morgan fingerprint density at radius 2 is 2.07 bits per heavy atom. The number of halogens is 1. The zero-order valence-corrected chi connectivity index (χ0v) is 10.0. The van der Waals surface area contributed by atoms with Gasteiger partial charge in [0.05, 0.1) is 0 Å². The number of hydrogen-bond acceptors (Lipinski definition) is 1. The standard InChI is InChI=1S/C12H17ClS/c13-10-12(6-2-1-3-7-12)9-11-5-4-8-14-11/h4-5,8H,1-3,6-7,9-10H2. The van der Waals surface area contributed by atoms with Crippen LogP contribution in [0.2, 0.25) is 0 Å². The summed E-state index contributed by atoms with van der Waals surface area (Å²) >= 11 is 8.03. The average Bonchev–Trinajstić information content (AvgIpc) is 2.72.